The number of carbonyl (C=O) groups excluding carboxylic acids is 2. The summed E-state index contributed by atoms with van der Waals surface area (Å²) in [7, 11) is 1.52. The molecule has 0 saturated carbocycles. The van der Waals surface area contributed by atoms with Crippen molar-refractivity contribution in [3.8, 4) is 0 Å². The summed E-state index contributed by atoms with van der Waals surface area (Å²) in [5.74, 6) is -0.797. The van der Waals surface area contributed by atoms with E-state index >= 15 is 0 Å². The van der Waals surface area contributed by atoms with E-state index in [2.05, 4.69) is 5.10 Å². The summed E-state index contributed by atoms with van der Waals surface area (Å²) in [6.07, 6.45) is 1.43. The molecule has 1 aromatic rings. The smallest absolute Gasteiger partial charge is 0.325 e. The Morgan fingerprint density at radius 3 is 2.72 bits per heavy atom. The van der Waals surface area contributed by atoms with Crippen LogP contribution in [0.2, 0.25) is 0 Å². The summed E-state index contributed by atoms with van der Waals surface area (Å²) in [5.41, 5.74) is 6.30. The normalized spacial score (nSPS) is 10.2. The van der Waals surface area contributed by atoms with E-state index in [-0.39, 0.29) is 19.1 Å². The largest absolute Gasteiger partial charge is 0.465 e. The average molecular weight is 254 g/mol. The maximum absolute atomic E-state index is 12.1. The lowest BCUT2D eigenvalue weighted by atomic mass is 10.3. The van der Waals surface area contributed by atoms with E-state index in [1.54, 1.807) is 6.92 Å². The van der Waals surface area contributed by atoms with Crippen LogP contribution < -0.4 is 5.73 Å². The van der Waals surface area contributed by atoms with Gasteiger partial charge in [0, 0.05) is 13.6 Å². The minimum Gasteiger partial charge on any atom is -0.465 e. The lowest BCUT2D eigenvalue weighted by Gasteiger charge is -2.16. The Kier molecular flexibility index (Phi) is 4.70. The number of aromatic nitrogens is 2. The van der Waals surface area contributed by atoms with E-state index < -0.39 is 5.97 Å². The number of aryl methyl sites for hydroxylation is 1. The van der Waals surface area contributed by atoms with Gasteiger partial charge in [-0.2, -0.15) is 5.10 Å². The molecule has 0 bridgehead atoms. The summed E-state index contributed by atoms with van der Waals surface area (Å²) in [6, 6.07) is 0. The van der Waals surface area contributed by atoms with Crippen LogP contribution in [0, 0.1) is 0 Å². The van der Waals surface area contributed by atoms with Crippen molar-refractivity contribution < 1.29 is 14.3 Å². The van der Waals surface area contributed by atoms with Crippen molar-refractivity contribution in [2.75, 3.05) is 25.9 Å². The monoisotopic (exact) mass is 254 g/mol. The fraction of sp³-hybridized carbons (Fsp3) is 0.545. The molecule has 0 radical (unpaired) electrons. The van der Waals surface area contributed by atoms with Gasteiger partial charge in [-0.15, -0.1) is 0 Å². The second kappa shape index (κ2) is 6.04. The van der Waals surface area contributed by atoms with Crippen LogP contribution in [0.15, 0.2) is 6.20 Å². The van der Waals surface area contributed by atoms with Crippen molar-refractivity contribution in [3.63, 3.8) is 0 Å². The van der Waals surface area contributed by atoms with E-state index in [1.165, 1.54) is 22.8 Å². The topological polar surface area (TPSA) is 90.4 Å². The quantitative estimate of drug-likeness (QED) is 0.754. The van der Waals surface area contributed by atoms with E-state index in [0.29, 0.717) is 17.9 Å². The number of rotatable bonds is 5. The first-order valence-electron chi connectivity index (χ1n) is 5.73. The molecule has 0 aliphatic rings. The number of nitrogens with two attached hydrogens (primary N) is 1. The van der Waals surface area contributed by atoms with Crippen molar-refractivity contribution in [3.05, 3.63) is 11.9 Å². The molecule has 0 aliphatic carbocycles. The highest BCUT2D eigenvalue weighted by atomic mass is 16.5. The zero-order chi connectivity index (χ0) is 13.7. The van der Waals surface area contributed by atoms with E-state index in [1.807, 2.05) is 6.92 Å². The van der Waals surface area contributed by atoms with Gasteiger partial charge in [0.05, 0.1) is 18.5 Å². The van der Waals surface area contributed by atoms with Gasteiger partial charge in [0.2, 0.25) is 0 Å². The minimum atomic E-state index is -0.450. The predicted molar refractivity (Wildman–Crippen MR) is 65.9 cm³/mol. The number of esters is 1. The fourth-order valence-corrected chi connectivity index (χ4v) is 1.53. The van der Waals surface area contributed by atoms with Gasteiger partial charge < -0.3 is 15.4 Å². The van der Waals surface area contributed by atoms with Crippen LogP contribution in [0.25, 0.3) is 0 Å². The molecule has 0 saturated heterocycles. The summed E-state index contributed by atoms with van der Waals surface area (Å²) in [5, 5.41) is 3.98. The summed E-state index contributed by atoms with van der Waals surface area (Å²) < 4.78 is 6.28. The van der Waals surface area contributed by atoms with E-state index in [4.69, 9.17) is 10.5 Å². The Morgan fingerprint density at radius 1 is 1.50 bits per heavy atom. The molecular formula is C11H18N4O3. The third-order valence-corrected chi connectivity index (χ3v) is 2.39. The van der Waals surface area contributed by atoms with Crippen LogP contribution in [-0.4, -0.2) is 46.8 Å². The Hall–Kier alpha value is -2.05. The summed E-state index contributed by atoms with van der Waals surface area (Å²) in [4.78, 5) is 24.7. The lowest BCUT2D eigenvalue weighted by molar-refractivity contribution is -0.143. The van der Waals surface area contributed by atoms with E-state index in [9.17, 15) is 9.59 Å². The van der Waals surface area contributed by atoms with Gasteiger partial charge in [0.25, 0.3) is 5.91 Å². The van der Waals surface area contributed by atoms with Crippen molar-refractivity contribution in [1.29, 1.82) is 0 Å². The Labute approximate surface area is 105 Å². The van der Waals surface area contributed by atoms with Crippen molar-refractivity contribution in [2.45, 2.75) is 20.4 Å². The molecule has 0 fully saturated rings. The van der Waals surface area contributed by atoms with E-state index in [0.717, 1.165) is 0 Å². The average Bonchev–Trinajstić information content (AvgIpc) is 2.69. The number of ether oxygens (including phenoxy) is 1. The second-order valence-corrected chi connectivity index (χ2v) is 3.73. The van der Waals surface area contributed by atoms with Crippen LogP contribution in [0.3, 0.4) is 0 Å². The highest BCUT2D eigenvalue weighted by Crippen LogP contribution is 2.13. The Bertz CT molecular complexity index is 441. The van der Waals surface area contributed by atoms with Gasteiger partial charge in [-0.25, -0.2) is 0 Å². The first kappa shape index (κ1) is 14.0. The highest BCUT2D eigenvalue weighted by Gasteiger charge is 2.21. The molecule has 1 aromatic heterocycles. The van der Waals surface area contributed by atoms with Crippen LogP contribution in [0.5, 0.6) is 0 Å². The highest BCUT2D eigenvalue weighted by molar-refractivity contribution is 5.98. The number of nitrogen functional groups attached to an aromatic ring is 1. The SMILES string of the molecule is CCOC(=O)CN(C)C(=O)c1c(N)cnn1CC. The molecule has 1 rings (SSSR count). The van der Waals surface area contributed by atoms with Gasteiger partial charge >= 0.3 is 5.97 Å². The summed E-state index contributed by atoms with van der Waals surface area (Å²) in [6.45, 7) is 4.28. The molecule has 1 amide bonds. The van der Waals surface area contributed by atoms with Crippen LogP contribution in [0.1, 0.15) is 24.3 Å². The first-order valence-corrected chi connectivity index (χ1v) is 5.73. The molecule has 2 N–H and O–H groups in total. The molecule has 0 atom stereocenters. The number of amides is 1. The maximum Gasteiger partial charge on any atom is 0.325 e. The number of likely N-dealkylation sites (N-methyl/N-ethyl adjacent to an activating group) is 1. The van der Waals surface area contributed by atoms with Gasteiger partial charge in [0.15, 0.2) is 0 Å². The van der Waals surface area contributed by atoms with Crippen molar-refractivity contribution >= 4 is 17.6 Å². The molecule has 0 aliphatic heterocycles. The third kappa shape index (κ3) is 2.99. The molecule has 0 spiro atoms. The van der Waals surface area contributed by atoms with Crippen LogP contribution >= 0.6 is 0 Å². The lowest BCUT2D eigenvalue weighted by Crippen LogP contribution is -2.34. The molecule has 0 aromatic carbocycles. The molecule has 7 nitrogen and oxygen atoms in total. The minimum absolute atomic E-state index is 0.110. The number of carbonyl (C=O) groups is 2. The number of anilines is 1. The van der Waals surface area contributed by atoms with Crippen LogP contribution in [-0.2, 0) is 16.1 Å². The first-order chi connectivity index (χ1) is 8.51. The Balaban J connectivity index is 2.80. The van der Waals surface area contributed by atoms with Gasteiger partial charge in [-0.1, -0.05) is 0 Å². The van der Waals surface area contributed by atoms with Crippen LogP contribution in [0.4, 0.5) is 5.69 Å². The summed E-state index contributed by atoms with van der Waals surface area (Å²) >= 11 is 0. The van der Waals surface area contributed by atoms with Crippen molar-refractivity contribution in [1.82, 2.24) is 14.7 Å². The standard InChI is InChI=1S/C11H18N4O3/c1-4-15-10(8(12)6-13-15)11(17)14(3)7-9(16)18-5-2/h6H,4-5,7,12H2,1-3H3. The number of hydrogen-bond acceptors (Lipinski definition) is 5. The van der Waals surface area contributed by atoms with Gasteiger partial charge in [-0.3, -0.25) is 14.3 Å². The van der Waals surface area contributed by atoms with Gasteiger partial charge in [-0.05, 0) is 13.8 Å². The fourth-order valence-electron chi connectivity index (χ4n) is 1.53. The number of hydrogen-bond donors (Lipinski definition) is 1. The molecule has 1 heterocycles. The number of nitrogens with zero attached hydrogens (tertiary/aromatic N) is 3. The zero-order valence-corrected chi connectivity index (χ0v) is 10.8. The Morgan fingerprint density at radius 2 is 2.17 bits per heavy atom. The molecule has 7 heteroatoms. The van der Waals surface area contributed by atoms with Gasteiger partial charge in [0.1, 0.15) is 12.2 Å². The second-order valence-electron chi connectivity index (χ2n) is 3.73. The molecule has 0 unspecified atom stereocenters. The molecule has 18 heavy (non-hydrogen) atoms. The predicted octanol–water partition coefficient (Wildman–Crippen LogP) is 0.120. The molecular weight excluding hydrogens is 236 g/mol. The molecule has 100 valence electrons. The van der Waals surface area contributed by atoms with Crippen molar-refractivity contribution in [2.24, 2.45) is 0 Å². The zero-order valence-electron chi connectivity index (χ0n) is 10.8. The maximum atomic E-state index is 12.1. The third-order valence-electron chi connectivity index (χ3n) is 2.39.